The monoisotopic (exact) mass is 283 g/mol. The minimum Gasteiger partial charge on any atom is -0.268 e. The predicted octanol–water partition coefficient (Wildman–Crippen LogP) is -0.578. The Morgan fingerprint density at radius 3 is 2.47 bits per heavy atom. The van der Waals surface area contributed by atoms with E-state index in [9.17, 15) is 21.2 Å². The van der Waals surface area contributed by atoms with Crippen LogP contribution in [0.4, 0.5) is 10.1 Å². The van der Waals surface area contributed by atoms with Gasteiger partial charge in [0.05, 0.1) is 5.69 Å². The zero-order valence-corrected chi connectivity index (χ0v) is 10.4. The highest BCUT2D eigenvalue weighted by atomic mass is 32.2. The zero-order chi connectivity index (χ0) is 13.3. The van der Waals surface area contributed by atoms with Crippen LogP contribution >= 0.6 is 0 Å². The topological polar surface area (TPSA) is 110 Å². The average molecular weight is 283 g/mol. The molecule has 1 rings (SSSR count). The van der Waals surface area contributed by atoms with Crippen molar-refractivity contribution in [3.8, 4) is 0 Å². The van der Waals surface area contributed by atoms with Crippen LogP contribution in [0, 0.1) is 0 Å². The van der Waals surface area contributed by atoms with E-state index in [2.05, 4.69) is 4.98 Å². The van der Waals surface area contributed by atoms with Gasteiger partial charge in [-0.25, -0.2) is 31.3 Å². The van der Waals surface area contributed by atoms with Crippen LogP contribution in [0.15, 0.2) is 23.4 Å². The molecule has 0 aliphatic carbocycles. The van der Waals surface area contributed by atoms with Gasteiger partial charge in [0.1, 0.15) is 0 Å². The minimum atomic E-state index is -4.23. The second-order valence-electron chi connectivity index (χ2n) is 3.06. The third kappa shape index (κ3) is 2.90. The van der Waals surface area contributed by atoms with Gasteiger partial charge in [-0.3, -0.25) is 4.31 Å². The Hall–Kier alpha value is -1.26. The SMILES string of the molecule is CN(c1cccnc1S(N)(=O)=O)S(=O)(=O)CF. The van der Waals surface area contributed by atoms with Gasteiger partial charge in [-0.2, -0.15) is 0 Å². The summed E-state index contributed by atoms with van der Waals surface area (Å²) in [4.78, 5) is 3.48. The van der Waals surface area contributed by atoms with Gasteiger partial charge in [-0.15, -0.1) is 0 Å². The lowest BCUT2D eigenvalue weighted by molar-refractivity contribution is 0.533. The molecule has 0 radical (unpaired) electrons. The highest BCUT2D eigenvalue weighted by Gasteiger charge is 2.25. The van der Waals surface area contributed by atoms with Crippen molar-refractivity contribution in [3.63, 3.8) is 0 Å². The molecule has 1 aromatic heterocycles. The first-order valence-corrected chi connectivity index (χ1v) is 7.36. The summed E-state index contributed by atoms with van der Waals surface area (Å²) in [5, 5.41) is 4.25. The minimum absolute atomic E-state index is 0.298. The molecule has 0 atom stereocenters. The van der Waals surface area contributed by atoms with Crippen molar-refractivity contribution in [3.05, 3.63) is 18.3 Å². The van der Waals surface area contributed by atoms with Gasteiger partial charge < -0.3 is 0 Å². The molecule has 0 unspecified atom stereocenters. The van der Waals surface area contributed by atoms with Crippen LogP contribution in [-0.4, -0.2) is 34.9 Å². The van der Waals surface area contributed by atoms with Crippen LogP contribution in [0.5, 0.6) is 0 Å². The lowest BCUT2D eigenvalue weighted by Crippen LogP contribution is -2.30. The molecule has 1 heterocycles. The fourth-order valence-corrected chi connectivity index (χ4v) is 2.42. The third-order valence-electron chi connectivity index (χ3n) is 1.91. The highest BCUT2D eigenvalue weighted by Crippen LogP contribution is 2.22. The van der Waals surface area contributed by atoms with Crippen molar-refractivity contribution < 1.29 is 21.2 Å². The molecular weight excluding hydrogens is 273 g/mol. The molecule has 17 heavy (non-hydrogen) atoms. The fourth-order valence-electron chi connectivity index (χ4n) is 1.06. The summed E-state index contributed by atoms with van der Waals surface area (Å²) >= 11 is 0. The van der Waals surface area contributed by atoms with E-state index < -0.39 is 31.1 Å². The Kier molecular flexibility index (Phi) is 3.69. The largest absolute Gasteiger partial charge is 0.268 e. The lowest BCUT2D eigenvalue weighted by Gasteiger charge is -2.18. The number of halogens is 1. The lowest BCUT2D eigenvalue weighted by atomic mass is 10.4. The van der Waals surface area contributed by atoms with Gasteiger partial charge >= 0.3 is 0 Å². The summed E-state index contributed by atoms with van der Waals surface area (Å²) in [6.07, 6.45) is 1.14. The highest BCUT2D eigenvalue weighted by molar-refractivity contribution is 7.92. The van der Waals surface area contributed by atoms with Gasteiger partial charge in [0.15, 0.2) is 5.03 Å². The number of primary sulfonamides is 1. The Balaban J connectivity index is 3.44. The molecule has 7 nitrogen and oxygen atoms in total. The van der Waals surface area contributed by atoms with Crippen LogP contribution in [0.3, 0.4) is 0 Å². The molecule has 2 N–H and O–H groups in total. The maximum absolute atomic E-state index is 12.3. The molecule has 0 aliphatic heterocycles. The quantitative estimate of drug-likeness (QED) is 0.795. The molecule has 10 heteroatoms. The number of anilines is 1. The Morgan fingerprint density at radius 2 is 2.00 bits per heavy atom. The zero-order valence-electron chi connectivity index (χ0n) is 8.74. The molecular formula is C7H10FN3O4S2. The van der Waals surface area contributed by atoms with Crippen LogP contribution in [0.2, 0.25) is 0 Å². The molecule has 0 saturated heterocycles. The van der Waals surface area contributed by atoms with Gasteiger partial charge in [0.25, 0.3) is 20.0 Å². The molecule has 0 spiro atoms. The molecule has 1 aromatic rings. The van der Waals surface area contributed by atoms with E-state index in [4.69, 9.17) is 5.14 Å². The van der Waals surface area contributed by atoms with E-state index in [0.29, 0.717) is 4.31 Å². The first-order chi connectivity index (χ1) is 7.70. The Labute approximate surface area is 98.2 Å². The first-order valence-electron chi connectivity index (χ1n) is 4.20. The summed E-state index contributed by atoms with van der Waals surface area (Å²) in [7, 11) is -7.40. The Morgan fingerprint density at radius 1 is 1.41 bits per heavy atom. The first kappa shape index (κ1) is 13.8. The van der Waals surface area contributed by atoms with Crippen molar-refractivity contribution in [1.29, 1.82) is 0 Å². The van der Waals surface area contributed by atoms with Gasteiger partial charge in [0.2, 0.25) is 6.01 Å². The number of pyridine rings is 1. The molecule has 96 valence electrons. The van der Waals surface area contributed by atoms with E-state index in [0.717, 1.165) is 13.2 Å². The van der Waals surface area contributed by atoms with E-state index in [1.165, 1.54) is 12.1 Å². The van der Waals surface area contributed by atoms with Crippen molar-refractivity contribution in [2.24, 2.45) is 5.14 Å². The normalized spacial score (nSPS) is 12.4. The number of sulfonamides is 2. The maximum Gasteiger partial charge on any atom is 0.264 e. The average Bonchev–Trinajstić information content (AvgIpc) is 2.27. The standard InChI is InChI=1S/C7H10FN3O4S2/c1-11(16(12,13)5-8)6-3-2-4-10-7(6)17(9,14)15/h2-4H,5H2,1H3,(H2,9,14,15). The van der Waals surface area contributed by atoms with Gasteiger partial charge in [-0.1, -0.05) is 0 Å². The summed E-state index contributed by atoms with van der Waals surface area (Å²) in [5.74, 6) is 0. The van der Waals surface area contributed by atoms with E-state index in [-0.39, 0.29) is 5.69 Å². The molecule has 0 aliphatic rings. The van der Waals surface area contributed by atoms with Crippen LogP contribution in [-0.2, 0) is 20.0 Å². The van der Waals surface area contributed by atoms with Gasteiger partial charge in [-0.05, 0) is 12.1 Å². The maximum atomic E-state index is 12.3. The summed E-state index contributed by atoms with van der Waals surface area (Å²) in [6, 6.07) is 0.830. The van der Waals surface area contributed by atoms with E-state index in [1.54, 1.807) is 0 Å². The van der Waals surface area contributed by atoms with Crippen LogP contribution in [0.1, 0.15) is 0 Å². The summed E-state index contributed by atoms with van der Waals surface area (Å²) in [6.45, 7) is 0. The smallest absolute Gasteiger partial charge is 0.264 e. The second-order valence-corrected chi connectivity index (χ2v) is 6.47. The number of alkyl halides is 1. The van der Waals surface area contributed by atoms with Crippen molar-refractivity contribution in [2.45, 2.75) is 5.03 Å². The summed E-state index contributed by atoms with van der Waals surface area (Å²) in [5.41, 5.74) is -0.298. The van der Waals surface area contributed by atoms with Crippen molar-refractivity contribution >= 4 is 25.7 Å². The van der Waals surface area contributed by atoms with E-state index >= 15 is 0 Å². The fraction of sp³-hybridized carbons (Fsp3) is 0.286. The second kappa shape index (κ2) is 4.55. The third-order valence-corrected chi connectivity index (χ3v) is 4.08. The van der Waals surface area contributed by atoms with Crippen molar-refractivity contribution in [1.82, 2.24) is 4.98 Å². The Bertz CT molecular complexity index is 614. The van der Waals surface area contributed by atoms with Crippen LogP contribution in [0.25, 0.3) is 0 Å². The number of rotatable bonds is 4. The van der Waals surface area contributed by atoms with Crippen molar-refractivity contribution in [2.75, 3.05) is 17.4 Å². The predicted molar refractivity (Wildman–Crippen MR) is 58.9 cm³/mol. The number of nitrogens with two attached hydrogens (primary N) is 1. The molecule has 0 fully saturated rings. The number of aromatic nitrogens is 1. The van der Waals surface area contributed by atoms with Crippen LogP contribution < -0.4 is 9.44 Å². The number of nitrogens with zero attached hydrogens (tertiary/aromatic N) is 2. The number of hydrogen-bond acceptors (Lipinski definition) is 5. The van der Waals surface area contributed by atoms with Gasteiger partial charge in [0, 0.05) is 13.2 Å². The molecule has 0 amide bonds. The summed E-state index contributed by atoms with van der Waals surface area (Å²) < 4.78 is 57.7. The molecule has 0 aromatic carbocycles. The molecule has 0 bridgehead atoms. The number of hydrogen-bond donors (Lipinski definition) is 1. The van der Waals surface area contributed by atoms with E-state index in [1.807, 2.05) is 0 Å². The molecule has 0 saturated carbocycles.